The monoisotopic (exact) mass is 386 g/mol. The van der Waals surface area contributed by atoms with E-state index in [0.29, 0.717) is 28.1 Å². The van der Waals surface area contributed by atoms with Crippen LogP contribution in [0.25, 0.3) is 43.5 Å². The lowest BCUT2D eigenvalue weighted by Gasteiger charge is -2.12. The summed E-state index contributed by atoms with van der Waals surface area (Å²) in [6.45, 7) is 0. The first-order valence-corrected chi connectivity index (χ1v) is 9.69. The molecule has 28 heavy (non-hydrogen) atoms. The predicted molar refractivity (Wildman–Crippen MR) is 113 cm³/mol. The number of benzene rings is 2. The molecule has 4 nitrogen and oxygen atoms in total. The minimum atomic E-state index is -0.345. The van der Waals surface area contributed by atoms with Gasteiger partial charge in [0, 0.05) is 46.2 Å². The summed E-state index contributed by atoms with van der Waals surface area (Å²) in [6.07, 6.45) is 3.36. The Morgan fingerprint density at radius 1 is 0.964 bits per heavy atom. The van der Waals surface area contributed by atoms with Crippen LogP contribution in [-0.2, 0) is 0 Å². The fourth-order valence-electron chi connectivity index (χ4n) is 3.39. The first kappa shape index (κ1) is 16.8. The number of anilines is 1. The third-order valence-electron chi connectivity index (χ3n) is 4.73. The van der Waals surface area contributed by atoms with Crippen LogP contribution < -0.4 is 5.32 Å². The van der Waals surface area contributed by atoms with E-state index in [2.05, 4.69) is 20.3 Å². The Bertz CT molecular complexity index is 1310. The SMILES string of the molecule is CNc1nc(-c2cccnc2)nc2c(F)c(-c3cccc4ccsc34)ccc12. The van der Waals surface area contributed by atoms with Crippen LogP contribution in [0.4, 0.5) is 10.2 Å². The second kappa shape index (κ2) is 6.65. The highest BCUT2D eigenvalue weighted by atomic mass is 32.1. The number of fused-ring (bicyclic) bond motifs is 2. The van der Waals surface area contributed by atoms with Gasteiger partial charge < -0.3 is 5.32 Å². The lowest BCUT2D eigenvalue weighted by atomic mass is 10.0. The number of nitrogens with zero attached hydrogens (tertiary/aromatic N) is 3. The Hall–Kier alpha value is -3.38. The second-order valence-electron chi connectivity index (χ2n) is 6.36. The highest BCUT2D eigenvalue weighted by molar-refractivity contribution is 7.17. The van der Waals surface area contributed by atoms with Gasteiger partial charge in [0.15, 0.2) is 11.6 Å². The van der Waals surface area contributed by atoms with Crippen LogP contribution >= 0.6 is 11.3 Å². The summed E-state index contributed by atoms with van der Waals surface area (Å²) in [4.78, 5) is 13.2. The molecular weight excluding hydrogens is 371 g/mol. The lowest BCUT2D eigenvalue weighted by molar-refractivity contribution is 0.640. The summed E-state index contributed by atoms with van der Waals surface area (Å²) in [7, 11) is 1.77. The smallest absolute Gasteiger partial charge is 0.163 e. The standard InChI is InChI=1S/C22H15FN4S/c1-24-22-17-8-7-15(16-6-2-4-13-9-11-28-20(13)16)18(23)19(17)26-21(27-22)14-5-3-10-25-12-14/h2-12H,1H3,(H,24,26,27). The molecular formula is C22H15FN4S. The fraction of sp³-hybridized carbons (Fsp3) is 0.0455. The molecule has 5 aromatic rings. The molecule has 0 aliphatic rings. The molecule has 1 N–H and O–H groups in total. The van der Waals surface area contributed by atoms with Crippen molar-refractivity contribution >= 4 is 38.1 Å². The summed E-state index contributed by atoms with van der Waals surface area (Å²) in [5.41, 5.74) is 2.45. The average Bonchev–Trinajstić information content (AvgIpc) is 3.23. The Morgan fingerprint density at radius 3 is 2.71 bits per heavy atom. The Morgan fingerprint density at radius 2 is 1.89 bits per heavy atom. The van der Waals surface area contributed by atoms with Gasteiger partial charge in [-0.3, -0.25) is 4.98 Å². The van der Waals surface area contributed by atoms with Gasteiger partial charge in [-0.2, -0.15) is 0 Å². The zero-order chi connectivity index (χ0) is 19.1. The van der Waals surface area contributed by atoms with E-state index in [9.17, 15) is 0 Å². The van der Waals surface area contributed by atoms with Crippen LogP contribution in [0.1, 0.15) is 0 Å². The second-order valence-corrected chi connectivity index (χ2v) is 7.27. The fourth-order valence-corrected chi connectivity index (χ4v) is 4.32. The van der Waals surface area contributed by atoms with Gasteiger partial charge in [0.05, 0.1) is 0 Å². The van der Waals surface area contributed by atoms with Gasteiger partial charge in [0.2, 0.25) is 0 Å². The highest BCUT2D eigenvalue weighted by Gasteiger charge is 2.17. The summed E-state index contributed by atoms with van der Waals surface area (Å²) in [6, 6.07) is 15.3. The molecule has 0 bridgehead atoms. The zero-order valence-electron chi connectivity index (χ0n) is 15.0. The average molecular weight is 386 g/mol. The van der Waals surface area contributed by atoms with Crippen LogP contribution in [0.15, 0.2) is 66.3 Å². The number of rotatable bonds is 3. The number of nitrogens with one attached hydrogen (secondary N) is 1. The van der Waals surface area contributed by atoms with E-state index in [0.717, 1.165) is 21.2 Å². The Labute approximate surface area is 164 Å². The summed E-state index contributed by atoms with van der Waals surface area (Å²) < 4.78 is 16.7. The predicted octanol–water partition coefficient (Wildman–Crippen LogP) is 5.75. The molecule has 0 fully saturated rings. The largest absolute Gasteiger partial charge is 0.373 e. The van der Waals surface area contributed by atoms with Crippen molar-refractivity contribution in [1.82, 2.24) is 15.0 Å². The third-order valence-corrected chi connectivity index (χ3v) is 5.70. The van der Waals surface area contributed by atoms with Crippen LogP contribution in [0, 0.1) is 5.82 Å². The van der Waals surface area contributed by atoms with Gasteiger partial charge in [-0.15, -0.1) is 11.3 Å². The molecule has 0 unspecified atom stereocenters. The first-order chi connectivity index (χ1) is 13.8. The number of aromatic nitrogens is 3. The van der Waals surface area contributed by atoms with Gasteiger partial charge in [0.25, 0.3) is 0 Å². The molecule has 0 spiro atoms. The number of thiophene rings is 1. The maximum atomic E-state index is 15.7. The van der Waals surface area contributed by atoms with Gasteiger partial charge >= 0.3 is 0 Å². The third kappa shape index (κ3) is 2.61. The maximum absolute atomic E-state index is 15.7. The van der Waals surface area contributed by atoms with E-state index in [1.165, 1.54) is 0 Å². The van der Waals surface area contributed by atoms with Crippen molar-refractivity contribution in [2.45, 2.75) is 0 Å². The van der Waals surface area contributed by atoms with Crippen molar-refractivity contribution in [2.75, 3.05) is 12.4 Å². The van der Waals surface area contributed by atoms with Crippen molar-refractivity contribution < 1.29 is 4.39 Å². The van der Waals surface area contributed by atoms with E-state index in [4.69, 9.17) is 0 Å². The van der Waals surface area contributed by atoms with Crippen LogP contribution in [0.2, 0.25) is 0 Å². The molecule has 0 radical (unpaired) electrons. The molecule has 3 heterocycles. The van der Waals surface area contributed by atoms with E-state index in [-0.39, 0.29) is 5.82 Å². The molecule has 0 amide bonds. The van der Waals surface area contributed by atoms with Crippen molar-refractivity contribution in [1.29, 1.82) is 0 Å². The van der Waals surface area contributed by atoms with Gasteiger partial charge in [-0.1, -0.05) is 24.3 Å². The minimum Gasteiger partial charge on any atom is -0.373 e. The quantitative estimate of drug-likeness (QED) is 0.429. The number of pyridine rings is 1. The normalized spacial score (nSPS) is 11.2. The van der Waals surface area contributed by atoms with Crippen molar-refractivity contribution in [3.05, 3.63) is 72.1 Å². The van der Waals surface area contributed by atoms with Crippen molar-refractivity contribution in [3.8, 4) is 22.5 Å². The molecule has 0 aliphatic carbocycles. The van der Waals surface area contributed by atoms with Gasteiger partial charge in [-0.05, 0) is 35.0 Å². The Kier molecular flexibility index (Phi) is 3.98. The number of hydrogen-bond acceptors (Lipinski definition) is 5. The molecule has 136 valence electrons. The van der Waals surface area contributed by atoms with E-state index < -0.39 is 0 Å². The zero-order valence-corrected chi connectivity index (χ0v) is 15.8. The highest BCUT2D eigenvalue weighted by Crippen LogP contribution is 2.37. The van der Waals surface area contributed by atoms with E-state index in [1.54, 1.807) is 36.8 Å². The lowest BCUT2D eigenvalue weighted by Crippen LogP contribution is -2.01. The van der Waals surface area contributed by atoms with Crippen LogP contribution in [0.3, 0.4) is 0 Å². The summed E-state index contributed by atoms with van der Waals surface area (Å²) in [5.74, 6) is 0.682. The molecule has 6 heteroatoms. The molecule has 0 aliphatic heterocycles. The first-order valence-electron chi connectivity index (χ1n) is 8.81. The number of halogens is 1. The van der Waals surface area contributed by atoms with Gasteiger partial charge in [0.1, 0.15) is 11.3 Å². The molecule has 0 saturated carbocycles. The molecule has 5 rings (SSSR count). The molecule has 0 atom stereocenters. The van der Waals surface area contributed by atoms with Crippen molar-refractivity contribution in [2.24, 2.45) is 0 Å². The molecule has 2 aromatic carbocycles. The van der Waals surface area contributed by atoms with Gasteiger partial charge in [-0.25, -0.2) is 14.4 Å². The Balaban J connectivity index is 1.80. The molecule has 0 saturated heterocycles. The topological polar surface area (TPSA) is 50.7 Å². The van der Waals surface area contributed by atoms with Crippen LogP contribution in [0.5, 0.6) is 0 Å². The summed E-state index contributed by atoms with van der Waals surface area (Å²) in [5, 5.41) is 6.83. The number of hydrogen-bond donors (Lipinski definition) is 1. The van der Waals surface area contributed by atoms with E-state index >= 15 is 4.39 Å². The molecule has 3 aromatic heterocycles. The van der Waals surface area contributed by atoms with E-state index in [1.807, 2.05) is 47.8 Å². The van der Waals surface area contributed by atoms with Crippen LogP contribution in [-0.4, -0.2) is 22.0 Å². The summed E-state index contributed by atoms with van der Waals surface area (Å²) >= 11 is 1.61. The van der Waals surface area contributed by atoms with Crippen molar-refractivity contribution in [3.63, 3.8) is 0 Å². The minimum absolute atomic E-state index is 0.296. The maximum Gasteiger partial charge on any atom is 0.163 e.